The fourth-order valence-corrected chi connectivity index (χ4v) is 4.84. The van der Waals surface area contributed by atoms with E-state index in [0.29, 0.717) is 12.8 Å². The molecule has 1 aliphatic rings. The molecule has 0 bridgehead atoms. The number of hydrogen-bond acceptors (Lipinski definition) is 8. The van der Waals surface area contributed by atoms with Crippen molar-refractivity contribution >= 4 is 21.4 Å². The normalized spacial score (nSPS) is 14.3. The summed E-state index contributed by atoms with van der Waals surface area (Å²) >= 11 is 0. The van der Waals surface area contributed by atoms with E-state index < -0.39 is 61.6 Å². The van der Waals surface area contributed by atoms with Gasteiger partial charge in [-0.05, 0) is 62.1 Å². The van der Waals surface area contributed by atoms with Crippen LogP contribution in [0.4, 0.5) is 23.2 Å². The van der Waals surface area contributed by atoms with E-state index >= 15 is 4.39 Å². The number of nitrogens with zero attached hydrogens (tertiary/aromatic N) is 3. The van der Waals surface area contributed by atoms with Crippen molar-refractivity contribution in [3.63, 3.8) is 0 Å². The number of hydrogen-bond donors (Lipinski definition) is 1. The van der Waals surface area contributed by atoms with Crippen molar-refractivity contribution in [2.75, 3.05) is 18.7 Å². The van der Waals surface area contributed by atoms with Gasteiger partial charge in [-0.2, -0.15) is 18.4 Å². The molecule has 0 spiro atoms. The third-order valence-electron chi connectivity index (χ3n) is 6.44. The molecule has 1 aromatic heterocycles. The summed E-state index contributed by atoms with van der Waals surface area (Å²) in [6.07, 6.45) is -3.14. The van der Waals surface area contributed by atoms with Crippen molar-refractivity contribution in [3.05, 3.63) is 64.1 Å². The van der Waals surface area contributed by atoms with Crippen molar-refractivity contribution in [1.82, 2.24) is 10.2 Å². The second-order valence-corrected chi connectivity index (χ2v) is 11.3. The minimum atomic E-state index is -4.97. The van der Waals surface area contributed by atoms with Gasteiger partial charge in [0.05, 0.1) is 23.5 Å². The van der Waals surface area contributed by atoms with E-state index in [9.17, 15) is 31.6 Å². The molecule has 40 heavy (non-hydrogen) atoms. The Balaban J connectivity index is 1.83. The Morgan fingerprint density at radius 3 is 2.38 bits per heavy atom. The first-order valence-electron chi connectivity index (χ1n) is 11.7. The van der Waals surface area contributed by atoms with Gasteiger partial charge in [0.25, 0.3) is 11.8 Å². The van der Waals surface area contributed by atoms with Crippen LogP contribution in [0.3, 0.4) is 0 Å². The molecule has 210 valence electrons. The average Bonchev–Trinajstić information content (AvgIpc) is 3.66. The molecule has 1 saturated carbocycles. The molecule has 3 aromatic rings. The van der Waals surface area contributed by atoms with Crippen molar-refractivity contribution in [2.45, 2.75) is 43.2 Å². The summed E-state index contributed by atoms with van der Waals surface area (Å²) in [5.41, 5.74) is -3.45. The van der Waals surface area contributed by atoms with E-state index in [1.165, 1.54) is 31.2 Å². The predicted molar refractivity (Wildman–Crippen MR) is 134 cm³/mol. The quantitative estimate of drug-likeness (QED) is 0.376. The number of aryl methyl sites for hydroxylation is 1. The highest BCUT2D eigenvalue weighted by atomic mass is 32.2. The molecule has 14 heteroatoms. The van der Waals surface area contributed by atoms with Crippen molar-refractivity contribution < 1.29 is 40.2 Å². The molecule has 1 N–H and O–H groups in total. The lowest BCUT2D eigenvalue weighted by Gasteiger charge is -2.20. The highest BCUT2D eigenvalue weighted by Gasteiger charge is 2.48. The number of alkyl halides is 3. The van der Waals surface area contributed by atoms with Crippen LogP contribution in [0.15, 0.2) is 35.2 Å². The highest BCUT2D eigenvalue weighted by Crippen LogP contribution is 2.52. The fourth-order valence-electron chi connectivity index (χ4n) is 4.17. The van der Waals surface area contributed by atoms with Crippen LogP contribution >= 0.6 is 0 Å². The van der Waals surface area contributed by atoms with Gasteiger partial charge in [-0.15, -0.1) is 10.2 Å². The molecule has 4 rings (SSSR count). The summed E-state index contributed by atoms with van der Waals surface area (Å²) < 4.78 is 91.1. The molecule has 1 heterocycles. The van der Waals surface area contributed by atoms with Gasteiger partial charge in [0.1, 0.15) is 5.56 Å². The summed E-state index contributed by atoms with van der Waals surface area (Å²) in [4.78, 5) is 13.2. The Hall–Kier alpha value is -4.25. The standard InChI is InChI=1S/C26H22F4N4O5S/c1-13-10-17(25(12-31)8-9-25)19(27)21(38-3)20(13)39-24-18(14(2)22(33-34-24)26(28,29)30)23(35)32-15-6-5-7-16(11-15)40(4,36)37/h5-7,10-11H,8-9H2,1-4H3,(H,32,35). The number of aromatic nitrogens is 2. The molecular weight excluding hydrogens is 556 g/mol. The van der Waals surface area contributed by atoms with Crippen LogP contribution in [0.25, 0.3) is 0 Å². The van der Waals surface area contributed by atoms with Crippen LogP contribution in [0, 0.1) is 31.0 Å². The molecule has 1 amide bonds. The summed E-state index contributed by atoms with van der Waals surface area (Å²) in [5.74, 6) is -3.39. The molecule has 0 saturated heterocycles. The lowest BCUT2D eigenvalue weighted by atomic mass is 9.94. The van der Waals surface area contributed by atoms with E-state index in [1.807, 2.05) is 0 Å². The van der Waals surface area contributed by atoms with E-state index in [-0.39, 0.29) is 27.5 Å². The number of sulfone groups is 1. The number of nitriles is 1. The average molecular weight is 579 g/mol. The number of rotatable bonds is 7. The third kappa shape index (κ3) is 5.29. The van der Waals surface area contributed by atoms with E-state index in [1.54, 1.807) is 0 Å². The zero-order valence-electron chi connectivity index (χ0n) is 21.6. The van der Waals surface area contributed by atoms with Gasteiger partial charge >= 0.3 is 6.18 Å². The number of methoxy groups -OCH3 is 1. The molecule has 0 unspecified atom stereocenters. The van der Waals surface area contributed by atoms with Gasteiger partial charge in [-0.1, -0.05) is 6.07 Å². The number of carbonyl (C=O) groups is 1. The lowest BCUT2D eigenvalue weighted by molar-refractivity contribution is -0.142. The fraction of sp³-hybridized carbons (Fsp3) is 0.308. The number of nitrogens with one attached hydrogen (secondary N) is 1. The second kappa shape index (κ2) is 10.1. The molecule has 2 aromatic carbocycles. The van der Waals surface area contributed by atoms with Gasteiger partial charge in [0.15, 0.2) is 32.8 Å². The second-order valence-electron chi connectivity index (χ2n) is 9.32. The van der Waals surface area contributed by atoms with Gasteiger partial charge < -0.3 is 14.8 Å². The van der Waals surface area contributed by atoms with Crippen LogP contribution in [0.1, 0.15) is 45.6 Å². The number of benzene rings is 2. The maximum atomic E-state index is 15.4. The molecule has 9 nitrogen and oxygen atoms in total. The monoisotopic (exact) mass is 578 g/mol. The van der Waals surface area contributed by atoms with Crippen LogP contribution < -0.4 is 14.8 Å². The maximum Gasteiger partial charge on any atom is 0.435 e. The molecule has 0 aliphatic heterocycles. The lowest BCUT2D eigenvalue weighted by Crippen LogP contribution is -2.21. The van der Waals surface area contributed by atoms with E-state index in [4.69, 9.17) is 9.47 Å². The summed E-state index contributed by atoms with van der Waals surface area (Å²) in [5, 5.41) is 18.6. The van der Waals surface area contributed by atoms with Gasteiger partial charge in [0, 0.05) is 17.5 Å². The van der Waals surface area contributed by atoms with Gasteiger partial charge in [-0.25, -0.2) is 12.8 Å². The first-order valence-corrected chi connectivity index (χ1v) is 13.5. The van der Waals surface area contributed by atoms with Gasteiger partial charge in [0.2, 0.25) is 0 Å². The molecule has 0 atom stereocenters. The SMILES string of the molecule is COc1c(F)c(C2(C#N)CC2)cc(C)c1Oc1nnc(C(F)(F)F)c(C)c1C(=O)Nc1cccc(S(C)(=O)=O)c1. The molecule has 0 radical (unpaired) electrons. The topological polar surface area (TPSA) is 131 Å². The number of anilines is 1. The predicted octanol–water partition coefficient (Wildman–Crippen LogP) is 5.26. The Kier molecular flexibility index (Phi) is 7.23. The Bertz CT molecular complexity index is 1680. The van der Waals surface area contributed by atoms with Crippen molar-refractivity contribution in [2.24, 2.45) is 0 Å². The number of ether oxygens (including phenoxy) is 2. The largest absolute Gasteiger partial charge is 0.490 e. The Morgan fingerprint density at radius 1 is 1.15 bits per heavy atom. The molecule has 1 aliphatic carbocycles. The minimum absolute atomic E-state index is 0.0287. The van der Waals surface area contributed by atoms with E-state index in [0.717, 1.165) is 26.4 Å². The summed E-state index contributed by atoms with van der Waals surface area (Å²) in [7, 11) is -2.51. The van der Waals surface area contributed by atoms with E-state index in [2.05, 4.69) is 21.6 Å². The number of amides is 1. The minimum Gasteiger partial charge on any atom is -0.490 e. The number of carbonyl (C=O) groups excluding carboxylic acids is 1. The van der Waals surface area contributed by atoms with Crippen LogP contribution in [0.2, 0.25) is 0 Å². The smallest absolute Gasteiger partial charge is 0.435 e. The first kappa shape index (κ1) is 28.8. The molecular formula is C26H22F4N4O5S. The Labute approximate surface area is 226 Å². The van der Waals surface area contributed by atoms with Crippen LogP contribution in [0.5, 0.6) is 17.4 Å². The zero-order valence-corrected chi connectivity index (χ0v) is 22.4. The summed E-state index contributed by atoms with van der Waals surface area (Å²) in [6.45, 7) is 2.50. The van der Waals surface area contributed by atoms with Gasteiger partial charge in [-0.3, -0.25) is 4.79 Å². The maximum absolute atomic E-state index is 15.4. The Morgan fingerprint density at radius 2 is 1.82 bits per heavy atom. The first-order chi connectivity index (χ1) is 18.6. The summed E-state index contributed by atoms with van der Waals surface area (Å²) in [6, 6.07) is 8.57. The number of halogens is 4. The highest BCUT2D eigenvalue weighted by molar-refractivity contribution is 7.90. The molecule has 1 fully saturated rings. The van der Waals surface area contributed by atoms with Crippen molar-refractivity contribution in [1.29, 1.82) is 5.26 Å². The zero-order chi connectivity index (χ0) is 29.6. The van der Waals surface area contributed by atoms with Crippen LogP contribution in [-0.4, -0.2) is 37.9 Å². The van der Waals surface area contributed by atoms with Crippen molar-refractivity contribution in [3.8, 4) is 23.4 Å². The third-order valence-corrected chi connectivity index (χ3v) is 7.55. The van der Waals surface area contributed by atoms with Crippen LogP contribution in [-0.2, 0) is 21.4 Å².